The van der Waals surface area contributed by atoms with Crippen molar-refractivity contribution in [3.63, 3.8) is 0 Å². The van der Waals surface area contributed by atoms with Crippen molar-refractivity contribution in [2.75, 3.05) is 5.73 Å². The predicted octanol–water partition coefficient (Wildman–Crippen LogP) is 2.39. The van der Waals surface area contributed by atoms with Crippen molar-refractivity contribution in [2.24, 2.45) is 0 Å². The Labute approximate surface area is 158 Å². The van der Waals surface area contributed by atoms with E-state index in [1.807, 2.05) is 0 Å². The van der Waals surface area contributed by atoms with Gasteiger partial charge in [-0.2, -0.15) is 0 Å². The number of hydrogen-bond acceptors (Lipinski definition) is 9. The molecule has 0 fully saturated rings. The van der Waals surface area contributed by atoms with E-state index >= 15 is 0 Å². The number of nitrogens with two attached hydrogens (primary N) is 1. The topological polar surface area (TPSA) is 162 Å². The van der Waals surface area contributed by atoms with Crippen LogP contribution in [0.1, 0.15) is 28.8 Å². The van der Waals surface area contributed by atoms with Crippen LogP contribution in [0.3, 0.4) is 0 Å². The molecule has 0 radical (unpaired) electrons. The summed E-state index contributed by atoms with van der Waals surface area (Å²) in [5.74, 6) is -2.17. The zero-order chi connectivity index (χ0) is 19.8. The van der Waals surface area contributed by atoms with Crippen LogP contribution in [-0.4, -0.2) is 44.9 Å². The summed E-state index contributed by atoms with van der Waals surface area (Å²) in [6.07, 6.45) is 1.40. The van der Waals surface area contributed by atoms with Gasteiger partial charge in [-0.15, -0.1) is 10.2 Å². The van der Waals surface area contributed by atoms with E-state index in [0.717, 1.165) is 0 Å². The maximum atomic E-state index is 12.2. The summed E-state index contributed by atoms with van der Waals surface area (Å²) in [5, 5.41) is 15.3. The van der Waals surface area contributed by atoms with Crippen LogP contribution in [-0.2, 0) is 9.84 Å². The molecule has 10 nitrogen and oxygen atoms in total. The first-order valence-corrected chi connectivity index (χ1v) is 9.29. The van der Waals surface area contributed by atoms with Crippen molar-refractivity contribution >= 4 is 21.6 Å². The first kappa shape index (κ1) is 18.5. The molecule has 0 saturated carbocycles. The Morgan fingerprint density at radius 3 is 2.44 bits per heavy atom. The maximum absolute atomic E-state index is 12.2. The van der Waals surface area contributed by atoms with E-state index in [4.69, 9.17) is 15.3 Å². The van der Waals surface area contributed by atoms with Crippen molar-refractivity contribution in [1.29, 1.82) is 0 Å². The third kappa shape index (κ3) is 3.49. The van der Waals surface area contributed by atoms with Gasteiger partial charge in [-0.05, 0) is 26.0 Å². The van der Waals surface area contributed by atoms with Crippen LogP contribution in [0, 0.1) is 0 Å². The van der Waals surface area contributed by atoms with Crippen LogP contribution >= 0.6 is 0 Å². The summed E-state index contributed by atoms with van der Waals surface area (Å²) < 4.78 is 29.4. The molecule has 0 aliphatic rings. The predicted molar refractivity (Wildman–Crippen MR) is 101 cm³/mol. The molecule has 0 atom stereocenters. The average Bonchev–Trinajstić information content (AvgIpc) is 3.12. The van der Waals surface area contributed by atoms with Gasteiger partial charge in [0.15, 0.2) is 21.3 Å². The Bertz CT molecular complexity index is 1120. The molecular weight excluding hydrogens is 374 g/mol. The Morgan fingerprint density at radius 2 is 1.89 bits per heavy atom. The number of anilines is 1. The number of sulfone groups is 1. The Balaban J connectivity index is 0.00000280. The number of carboxylic acids is 1. The third-order valence-electron chi connectivity index (χ3n) is 3.71. The van der Waals surface area contributed by atoms with Crippen LogP contribution in [0.25, 0.3) is 22.8 Å². The number of hydrogen-bond donors (Lipinski definition) is 2. The van der Waals surface area contributed by atoms with E-state index in [-0.39, 0.29) is 26.6 Å². The van der Waals surface area contributed by atoms with Crippen LogP contribution in [0.5, 0.6) is 0 Å². The van der Waals surface area contributed by atoms with Crippen molar-refractivity contribution < 1.29 is 27.0 Å². The fourth-order valence-corrected chi connectivity index (χ4v) is 3.25. The zero-order valence-electron chi connectivity index (χ0n) is 14.3. The van der Waals surface area contributed by atoms with E-state index in [0.29, 0.717) is 11.3 Å². The maximum Gasteiger partial charge on any atom is 0.393 e. The lowest BCUT2D eigenvalue weighted by molar-refractivity contribution is 0.0654. The lowest BCUT2D eigenvalue weighted by Gasteiger charge is -2.09. The molecule has 2 aromatic heterocycles. The van der Waals surface area contributed by atoms with E-state index in [1.165, 1.54) is 18.3 Å². The quantitative estimate of drug-likeness (QED) is 0.655. The smallest absolute Gasteiger partial charge is 0.393 e. The summed E-state index contributed by atoms with van der Waals surface area (Å²) >= 11 is 0. The largest absolute Gasteiger partial charge is 0.474 e. The van der Waals surface area contributed by atoms with Crippen LogP contribution < -0.4 is 5.73 Å². The number of aromatic nitrogens is 4. The van der Waals surface area contributed by atoms with Gasteiger partial charge in [0.2, 0.25) is 0 Å². The second kappa shape index (κ2) is 6.76. The number of nitrogen functional groups attached to an aromatic ring is 1. The summed E-state index contributed by atoms with van der Waals surface area (Å²) in [5.41, 5.74) is 6.77. The van der Waals surface area contributed by atoms with Gasteiger partial charge in [0.05, 0.1) is 22.0 Å². The van der Waals surface area contributed by atoms with Gasteiger partial charge >= 0.3 is 11.9 Å². The average molecular weight is 395 g/mol. The summed E-state index contributed by atoms with van der Waals surface area (Å²) in [7, 11) is -3.38. The highest BCUT2D eigenvalue weighted by Gasteiger charge is 2.21. The van der Waals surface area contributed by atoms with Crippen molar-refractivity contribution in [2.45, 2.75) is 24.0 Å². The molecule has 0 amide bonds. The van der Waals surface area contributed by atoms with Gasteiger partial charge in [0, 0.05) is 9.84 Å². The van der Waals surface area contributed by atoms with Gasteiger partial charge in [0.25, 0.3) is 5.89 Å². The van der Waals surface area contributed by atoms with Crippen molar-refractivity contribution in [1.82, 2.24) is 20.2 Å². The van der Waals surface area contributed by atoms with Crippen molar-refractivity contribution in [3.05, 3.63) is 36.4 Å². The lowest BCUT2D eigenvalue weighted by atomic mass is 10.1. The molecule has 0 aliphatic carbocycles. The van der Waals surface area contributed by atoms with Gasteiger partial charge in [-0.3, -0.25) is 0 Å². The highest BCUT2D eigenvalue weighted by atomic mass is 32.2. The fraction of sp³-hybridized carbons (Fsp3) is 0.188. The van der Waals surface area contributed by atoms with E-state index in [9.17, 15) is 13.2 Å². The number of benzene rings is 1. The fourth-order valence-electron chi connectivity index (χ4n) is 2.19. The molecule has 3 rings (SSSR count). The number of carbonyl (C=O) groups is 1. The van der Waals surface area contributed by atoms with Gasteiger partial charge < -0.3 is 15.3 Å². The third-order valence-corrected chi connectivity index (χ3v) is 5.88. The second-order valence-corrected chi connectivity index (χ2v) is 8.33. The Hall–Kier alpha value is -3.34. The molecule has 0 unspecified atom stereocenters. The zero-order valence-corrected chi connectivity index (χ0v) is 15.1. The molecule has 0 aliphatic heterocycles. The Morgan fingerprint density at radius 1 is 1.22 bits per heavy atom. The molecule has 11 heteroatoms. The molecule has 27 heavy (non-hydrogen) atoms. The standard InChI is InChI=1S/C16H15N5O5S.3H2/c1-8(2)27(24,25)10-5-3-9(4-6-10)11-7-18-13(17)12(19-11)14-20-21-15(26-14)16(22)23;;;/h3-8H,1-2H3,(H2,17,18)(H,22,23);3*1H. The van der Waals surface area contributed by atoms with E-state index in [1.54, 1.807) is 26.0 Å². The molecular formula is C16H21N5O5S. The minimum Gasteiger partial charge on any atom is -0.474 e. The highest BCUT2D eigenvalue weighted by Crippen LogP contribution is 2.26. The Kier molecular flexibility index (Phi) is 4.62. The number of carboxylic acid groups (broad SMARTS) is 1. The molecule has 146 valence electrons. The summed E-state index contributed by atoms with van der Waals surface area (Å²) in [6.45, 7) is 3.22. The molecule has 0 bridgehead atoms. The number of aromatic carboxylic acids is 1. The lowest BCUT2D eigenvalue weighted by Crippen LogP contribution is -2.13. The van der Waals surface area contributed by atoms with Crippen LogP contribution in [0.15, 0.2) is 39.8 Å². The van der Waals surface area contributed by atoms with Crippen LogP contribution in [0.4, 0.5) is 5.82 Å². The van der Waals surface area contributed by atoms with Gasteiger partial charge in [0.1, 0.15) is 0 Å². The normalized spacial score (nSPS) is 11.7. The minimum absolute atomic E-state index is 0. The first-order valence-electron chi connectivity index (χ1n) is 7.74. The second-order valence-electron chi connectivity index (χ2n) is 5.82. The molecule has 1 aromatic carbocycles. The summed E-state index contributed by atoms with van der Waals surface area (Å²) in [6, 6.07) is 6.15. The van der Waals surface area contributed by atoms with Gasteiger partial charge in [-0.25, -0.2) is 23.2 Å². The van der Waals surface area contributed by atoms with Crippen molar-refractivity contribution in [3.8, 4) is 22.8 Å². The van der Waals surface area contributed by atoms with Gasteiger partial charge in [-0.1, -0.05) is 12.1 Å². The SMILES string of the molecule is CC(C)S(=O)(=O)c1ccc(-c2cnc(N)c(-c3nnc(C(=O)O)o3)n2)cc1.[HH].[HH].[HH]. The summed E-state index contributed by atoms with van der Waals surface area (Å²) in [4.78, 5) is 19.4. The number of rotatable bonds is 5. The first-order chi connectivity index (χ1) is 12.7. The molecule has 0 saturated heterocycles. The van der Waals surface area contributed by atoms with E-state index in [2.05, 4.69) is 20.2 Å². The molecule has 3 aromatic rings. The number of nitrogens with zero attached hydrogens (tertiary/aromatic N) is 4. The molecule has 2 heterocycles. The van der Waals surface area contributed by atoms with E-state index < -0.39 is 26.9 Å². The molecule has 3 N–H and O–H groups in total. The monoisotopic (exact) mass is 395 g/mol. The minimum atomic E-state index is -3.38. The highest BCUT2D eigenvalue weighted by molar-refractivity contribution is 7.92. The van der Waals surface area contributed by atoms with Crippen LogP contribution in [0.2, 0.25) is 0 Å². The molecule has 0 spiro atoms.